The van der Waals surface area contributed by atoms with Crippen LogP contribution in [-0.2, 0) is 10.0 Å². The molecule has 1 aliphatic rings. The fraction of sp³-hybridized carbons (Fsp3) is 0.240. The number of nitrogens with zero attached hydrogens (tertiary/aromatic N) is 2. The molecule has 1 amide bonds. The SMILES string of the molecule is COc1ccccc1N1CCCN(C(=O)c2cccc(S(=O)(=O)Nc3ccccc3F)c2)CC1. The quantitative estimate of drug-likeness (QED) is 0.574. The highest BCUT2D eigenvalue weighted by Gasteiger charge is 2.24. The van der Waals surface area contributed by atoms with Gasteiger partial charge in [0.05, 0.1) is 23.4 Å². The summed E-state index contributed by atoms with van der Waals surface area (Å²) < 4.78 is 47.2. The summed E-state index contributed by atoms with van der Waals surface area (Å²) in [5.41, 5.74) is 1.09. The average molecular weight is 484 g/mol. The topological polar surface area (TPSA) is 79.0 Å². The van der Waals surface area contributed by atoms with E-state index in [9.17, 15) is 17.6 Å². The maximum Gasteiger partial charge on any atom is 0.262 e. The Kier molecular flexibility index (Phi) is 7.02. The maximum absolute atomic E-state index is 13.9. The van der Waals surface area contributed by atoms with E-state index >= 15 is 0 Å². The van der Waals surface area contributed by atoms with E-state index in [0.717, 1.165) is 24.4 Å². The Morgan fingerprint density at radius 1 is 0.941 bits per heavy atom. The van der Waals surface area contributed by atoms with Gasteiger partial charge in [-0.2, -0.15) is 0 Å². The zero-order valence-electron chi connectivity index (χ0n) is 18.8. The summed E-state index contributed by atoms with van der Waals surface area (Å²) in [6.07, 6.45) is 0.761. The van der Waals surface area contributed by atoms with Crippen molar-refractivity contribution < 1.29 is 22.3 Å². The number of hydrogen-bond acceptors (Lipinski definition) is 5. The molecule has 34 heavy (non-hydrogen) atoms. The molecule has 1 fully saturated rings. The molecule has 0 aromatic heterocycles. The monoisotopic (exact) mass is 483 g/mol. The van der Waals surface area contributed by atoms with Crippen molar-refractivity contribution >= 4 is 27.3 Å². The van der Waals surface area contributed by atoms with Gasteiger partial charge in [-0.05, 0) is 48.9 Å². The van der Waals surface area contributed by atoms with Gasteiger partial charge >= 0.3 is 0 Å². The van der Waals surface area contributed by atoms with E-state index in [-0.39, 0.29) is 22.1 Å². The van der Waals surface area contributed by atoms with Crippen molar-refractivity contribution in [2.24, 2.45) is 0 Å². The Bertz CT molecular complexity index is 1280. The van der Waals surface area contributed by atoms with Crippen LogP contribution < -0.4 is 14.4 Å². The molecule has 3 aromatic carbocycles. The molecule has 3 aromatic rings. The van der Waals surface area contributed by atoms with Crippen LogP contribution in [0, 0.1) is 5.82 Å². The van der Waals surface area contributed by atoms with E-state index in [1.54, 1.807) is 18.1 Å². The van der Waals surface area contributed by atoms with Crippen molar-refractivity contribution in [3.63, 3.8) is 0 Å². The number of carbonyl (C=O) groups excluding carboxylic acids is 1. The highest BCUT2D eigenvalue weighted by atomic mass is 32.2. The molecule has 0 unspecified atom stereocenters. The van der Waals surface area contributed by atoms with Crippen LogP contribution in [-0.4, -0.2) is 52.5 Å². The largest absolute Gasteiger partial charge is 0.495 e. The number of amides is 1. The fourth-order valence-corrected chi connectivity index (χ4v) is 5.09. The van der Waals surface area contributed by atoms with Crippen molar-refractivity contribution in [2.75, 3.05) is 42.9 Å². The van der Waals surface area contributed by atoms with E-state index < -0.39 is 15.8 Å². The number of benzene rings is 3. The molecule has 1 N–H and O–H groups in total. The molecule has 1 saturated heterocycles. The van der Waals surface area contributed by atoms with Crippen molar-refractivity contribution in [1.29, 1.82) is 0 Å². The summed E-state index contributed by atoms with van der Waals surface area (Å²) in [6.45, 7) is 2.43. The maximum atomic E-state index is 13.9. The Labute approximate surface area is 198 Å². The lowest BCUT2D eigenvalue weighted by Crippen LogP contribution is -2.35. The molecule has 0 atom stereocenters. The summed E-state index contributed by atoms with van der Waals surface area (Å²) in [7, 11) is -2.43. The predicted octanol–water partition coefficient (Wildman–Crippen LogP) is 3.99. The minimum atomic E-state index is -4.07. The summed E-state index contributed by atoms with van der Waals surface area (Å²) in [4.78, 5) is 17.0. The fourth-order valence-electron chi connectivity index (χ4n) is 3.98. The number of para-hydroxylation sites is 3. The summed E-state index contributed by atoms with van der Waals surface area (Å²) in [5.74, 6) is -0.144. The summed E-state index contributed by atoms with van der Waals surface area (Å²) in [5, 5.41) is 0. The van der Waals surface area contributed by atoms with E-state index in [2.05, 4.69) is 9.62 Å². The Balaban J connectivity index is 1.49. The second-order valence-corrected chi connectivity index (χ2v) is 9.60. The van der Waals surface area contributed by atoms with Crippen LogP contribution in [0.4, 0.5) is 15.8 Å². The number of carbonyl (C=O) groups is 1. The second-order valence-electron chi connectivity index (χ2n) is 7.92. The Morgan fingerprint density at radius 2 is 1.71 bits per heavy atom. The zero-order valence-corrected chi connectivity index (χ0v) is 19.6. The highest BCUT2D eigenvalue weighted by Crippen LogP contribution is 2.28. The van der Waals surface area contributed by atoms with Crippen LogP contribution in [0.15, 0.2) is 77.7 Å². The molecule has 9 heteroatoms. The smallest absolute Gasteiger partial charge is 0.262 e. The number of rotatable bonds is 6. The molecule has 0 saturated carbocycles. The van der Waals surface area contributed by atoms with Crippen molar-refractivity contribution in [3.05, 3.63) is 84.2 Å². The predicted molar refractivity (Wildman–Crippen MR) is 129 cm³/mol. The number of hydrogen-bond donors (Lipinski definition) is 1. The highest BCUT2D eigenvalue weighted by molar-refractivity contribution is 7.92. The van der Waals surface area contributed by atoms with Gasteiger partial charge in [-0.25, -0.2) is 12.8 Å². The Hall–Kier alpha value is -3.59. The molecule has 0 bridgehead atoms. The zero-order chi connectivity index (χ0) is 24.1. The van der Waals surface area contributed by atoms with Crippen LogP contribution in [0.2, 0.25) is 0 Å². The first-order chi connectivity index (χ1) is 16.4. The molecular weight excluding hydrogens is 457 g/mol. The first-order valence-electron chi connectivity index (χ1n) is 10.9. The Morgan fingerprint density at radius 3 is 2.50 bits per heavy atom. The molecule has 0 aliphatic carbocycles. The van der Waals surface area contributed by atoms with Gasteiger partial charge in [-0.1, -0.05) is 30.3 Å². The van der Waals surface area contributed by atoms with Gasteiger partial charge in [0, 0.05) is 31.7 Å². The lowest BCUT2D eigenvalue weighted by molar-refractivity contribution is 0.0766. The van der Waals surface area contributed by atoms with E-state index in [1.165, 1.54) is 42.5 Å². The third-order valence-corrected chi connectivity index (χ3v) is 7.08. The molecule has 7 nitrogen and oxygen atoms in total. The van der Waals surface area contributed by atoms with Crippen molar-refractivity contribution in [2.45, 2.75) is 11.3 Å². The van der Waals surface area contributed by atoms with Gasteiger partial charge in [-0.3, -0.25) is 9.52 Å². The number of anilines is 2. The van der Waals surface area contributed by atoms with Crippen LogP contribution in [0.25, 0.3) is 0 Å². The minimum Gasteiger partial charge on any atom is -0.495 e. The summed E-state index contributed by atoms with van der Waals surface area (Å²) in [6, 6.07) is 19.1. The van der Waals surface area contributed by atoms with E-state index in [1.807, 2.05) is 24.3 Å². The number of halogens is 1. The first-order valence-corrected chi connectivity index (χ1v) is 12.4. The van der Waals surface area contributed by atoms with Gasteiger partial charge in [0.1, 0.15) is 11.6 Å². The lowest BCUT2D eigenvalue weighted by atomic mass is 10.2. The molecular formula is C25H26FN3O4S. The molecule has 1 aliphatic heterocycles. The van der Waals surface area contributed by atoms with E-state index in [4.69, 9.17) is 4.74 Å². The number of sulfonamides is 1. The van der Waals surface area contributed by atoms with Crippen LogP contribution >= 0.6 is 0 Å². The molecule has 4 rings (SSSR count). The molecule has 178 valence electrons. The molecule has 0 radical (unpaired) electrons. The van der Waals surface area contributed by atoms with Crippen LogP contribution in [0.3, 0.4) is 0 Å². The van der Waals surface area contributed by atoms with Gasteiger partial charge in [0.2, 0.25) is 0 Å². The van der Waals surface area contributed by atoms with Crippen molar-refractivity contribution in [1.82, 2.24) is 4.90 Å². The van der Waals surface area contributed by atoms with Gasteiger partial charge < -0.3 is 14.5 Å². The van der Waals surface area contributed by atoms with Gasteiger partial charge in [0.25, 0.3) is 15.9 Å². The van der Waals surface area contributed by atoms with Crippen LogP contribution in [0.1, 0.15) is 16.8 Å². The van der Waals surface area contributed by atoms with Gasteiger partial charge in [-0.15, -0.1) is 0 Å². The standard InChI is InChI=1S/C25H26FN3O4S/c1-33-24-13-5-4-12-23(24)28-14-7-15-29(17-16-28)25(30)19-8-6-9-20(18-19)34(31,32)27-22-11-3-2-10-21(22)26/h2-6,8-13,18,27H,7,14-17H2,1H3. The third-order valence-electron chi connectivity index (χ3n) is 5.72. The lowest BCUT2D eigenvalue weighted by Gasteiger charge is -2.25. The third kappa shape index (κ3) is 5.14. The van der Waals surface area contributed by atoms with Crippen molar-refractivity contribution in [3.8, 4) is 5.75 Å². The summed E-state index contributed by atoms with van der Waals surface area (Å²) >= 11 is 0. The van der Waals surface area contributed by atoms with Gasteiger partial charge in [0.15, 0.2) is 0 Å². The number of ether oxygens (including phenoxy) is 1. The number of methoxy groups -OCH3 is 1. The molecule has 1 heterocycles. The van der Waals surface area contributed by atoms with E-state index in [0.29, 0.717) is 19.6 Å². The van der Waals surface area contributed by atoms with Crippen LogP contribution in [0.5, 0.6) is 5.75 Å². The average Bonchev–Trinajstić information content (AvgIpc) is 3.11. The minimum absolute atomic E-state index is 0.105. The normalized spacial score (nSPS) is 14.4. The second kappa shape index (κ2) is 10.1. The first kappa shape index (κ1) is 23.6. The number of nitrogens with one attached hydrogen (secondary N) is 1. The molecule has 0 spiro atoms.